The number of carbonyl (C=O) groups is 1. The lowest BCUT2D eigenvalue weighted by molar-refractivity contribution is -0.120. The highest BCUT2D eigenvalue weighted by atomic mass is 16.1. The Kier molecular flexibility index (Phi) is 6.34. The Labute approximate surface area is 219 Å². The third-order valence-electron chi connectivity index (χ3n) is 6.32. The lowest BCUT2D eigenvalue weighted by Gasteiger charge is -2.08. The van der Waals surface area contributed by atoms with Crippen LogP contribution in [0.2, 0.25) is 0 Å². The van der Waals surface area contributed by atoms with Gasteiger partial charge in [-0.15, -0.1) is 10.2 Å². The minimum Gasteiger partial charge on any atom is -0.352 e. The van der Waals surface area contributed by atoms with E-state index in [1.165, 1.54) is 0 Å². The number of nitrogens with one attached hydrogen (secondary N) is 2. The molecule has 8 heteroatoms. The topological polar surface area (TPSA) is 89.7 Å². The monoisotopic (exact) mass is 499 g/mol. The van der Waals surface area contributed by atoms with Crippen molar-refractivity contribution in [1.82, 2.24) is 29.6 Å². The van der Waals surface area contributed by atoms with Gasteiger partial charge in [0.25, 0.3) is 0 Å². The molecule has 0 fully saturated rings. The lowest BCUT2D eigenvalue weighted by atomic mass is 10.1. The van der Waals surface area contributed by atoms with E-state index in [1.54, 1.807) is 12.5 Å². The Morgan fingerprint density at radius 2 is 1.66 bits per heavy atom. The summed E-state index contributed by atoms with van der Waals surface area (Å²) in [7, 11) is 0. The Balaban J connectivity index is 1.17. The molecule has 3 heterocycles. The zero-order valence-electron chi connectivity index (χ0n) is 20.5. The van der Waals surface area contributed by atoms with Crippen molar-refractivity contribution in [1.29, 1.82) is 0 Å². The van der Waals surface area contributed by atoms with Crippen LogP contribution in [0.3, 0.4) is 0 Å². The number of para-hydroxylation sites is 1. The molecule has 0 saturated carbocycles. The highest BCUT2D eigenvalue weighted by Gasteiger charge is 2.14. The molecule has 0 spiro atoms. The number of benzene rings is 3. The molecule has 0 aliphatic heterocycles. The molecule has 186 valence electrons. The van der Waals surface area contributed by atoms with E-state index in [0.29, 0.717) is 18.2 Å². The minimum absolute atomic E-state index is 0.0264. The van der Waals surface area contributed by atoms with Gasteiger partial charge in [-0.3, -0.25) is 9.36 Å². The van der Waals surface area contributed by atoms with Crippen LogP contribution in [0.25, 0.3) is 22.4 Å². The van der Waals surface area contributed by atoms with Gasteiger partial charge in [0.1, 0.15) is 0 Å². The summed E-state index contributed by atoms with van der Waals surface area (Å²) in [4.78, 5) is 16.8. The maximum atomic E-state index is 12.7. The van der Waals surface area contributed by atoms with Crippen molar-refractivity contribution < 1.29 is 4.79 Å². The highest BCUT2D eigenvalue weighted by molar-refractivity contribution is 5.90. The number of amides is 1. The first-order valence-electron chi connectivity index (χ1n) is 12.3. The van der Waals surface area contributed by atoms with Gasteiger partial charge in [-0.1, -0.05) is 48.5 Å². The smallest absolute Gasteiger partial charge is 0.224 e. The fraction of sp³-hybridized carbons (Fsp3) is 0.0667. The average molecular weight is 500 g/mol. The third-order valence-corrected chi connectivity index (χ3v) is 6.32. The van der Waals surface area contributed by atoms with Gasteiger partial charge in [0.2, 0.25) is 5.91 Å². The SMILES string of the molecule is O=C(Cc1cn(-c2ccc(Nc3ccc(-n4ccnc4)cc3)nn2)c2ccccc12)NCc1ccccc1. The van der Waals surface area contributed by atoms with E-state index >= 15 is 0 Å². The van der Waals surface area contributed by atoms with E-state index in [9.17, 15) is 4.79 Å². The van der Waals surface area contributed by atoms with E-state index < -0.39 is 0 Å². The van der Waals surface area contributed by atoms with Crippen LogP contribution in [0.1, 0.15) is 11.1 Å². The van der Waals surface area contributed by atoms with E-state index in [1.807, 2.05) is 113 Å². The van der Waals surface area contributed by atoms with Crippen molar-refractivity contribution in [3.05, 3.63) is 127 Å². The predicted molar refractivity (Wildman–Crippen MR) is 148 cm³/mol. The molecule has 0 aliphatic carbocycles. The average Bonchev–Trinajstić information content (AvgIpc) is 3.63. The Morgan fingerprint density at radius 1 is 0.842 bits per heavy atom. The number of rotatable bonds is 8. The highest BCUT2D eigenvalue weighted by Crippen LogP contribution is 2.25. The first-order chi connectivity index (χ1) is 18.7. The van der Waals surface area contributed by atoms with Gasteiger partial charge in [-0.2, -0.15) is 0 Å². The van der Waals surface area contributed by atoms with Crippen LogP contribution in [0, 0.1) is 0 Å². The standard InChI is InChI=1S/C30H25N7O/c38-30(32-19-22-6-2-1-3-7-22)18-23-20-37(27-9-5-4-8-26(23)27)29-15-14-28(34-35-29)33-24-10-12-25(13-11-24)36-17-16-31-21-36/h1-17,20-21H,18-19H2,(H,32,38)(H,33,34). The summed E-state index contributed by atoms with van der Waals surface area (Å²) in [6.07, 6.45) is 7.67. The number of nitrogens with zero attached hydrogens (tertiary/aromatic N) is 5. The van der Waals surface area contributed by atoms with E-state index in [-0.39, 0.29) is 12.3 Å². The Hall–Kier alpha value is -5.24. The molecule has 0 radical (unpaired) electrons. The van der Waals surface area contributed by atoms with Gasteiger partial charge in [0.15, 0.2) is 11.6 Å². The second-order valence-corrected chi connectivity index (χ2v) is 8.90. The van der Waals surface area contributed by atoms with Gasteiger partial charge >= 0.3 is 0 Å². The summed E-state index contributed by atoms with van der Waals surface area (Å²) in [5.74, 6) is 1.29. The van der Waals surface area contributed by atoms with Crippen molar-refractivity contribution in [2.45, 2.75) is 13.0 Å². The molecule has 1 amide bonds. The normalized spacial score (nSPS) is 10.9. The largest absolute Gasteiger partial charge is 0.352 e. The second kappa shape index (κ2) is 10.4. The summed E-state index contributed by atoms with van der Waals surface area (Å²) in [6.45, 7) is 0.505. The number of fused-ring (bicyclic) bond motifs is 1. The van der Waals surface area contributed by atoms with Crippen LogP contribution in [0.4, 0.5) is 11.5 Å². The lowest BCUT2D eigenvalue weighted by Crippen LogP contribution is -2.24. The van der Waals surface area contributed by atoms with Gasteiger partial charge < -0.3 is 15.2 Å². The molecule has 0 bridgehead atoms. The molecule has 0 saturated heterocycles. The maximum Gasteiger partial charge on any atom is 0.224 e. The van der Waals surface area contributed by atoms with Crippen LogP contribution in [-0.4, -0.2) is 30.2 Å². The molecule has 6 aromatic rings. The molecular weight excluding hydrogens is 474 g/mol. The summed E-state index contributed by atoms with van der Waals surface area (Å²) < 4.78 is 3.92. The second-order valence-electron chi connectivity index (χ2n) is 8.90. The van der Waals surface area contributed by atoms with Crippen molar-refractivity contribution in [2.75, 3.05) is 5.32 Å². The zero-order chi connectivity index (χ0) is 25.7. The van der Waals surface area contributed by atoms with Crippen LogP contribution in [0.15, 0.2) is 116 Å². The third kappa shape index (κ3) is 5.01. The minimum atomic E-state index is -0.0264. The molecule has 6 rings (SSSR count). The van der Waals surface area contributed by atoms with E-state index in [2.05, 4.69) is 25.8 Å². The summed E-state index contributed by atoms with van der Waals surface area (Å²) in [5, 5.41) is 16.2. The number of aromatic nitrogens is 5. The summed E-state index contributed by atoms with van der Waals surface area (Å²) in [6, 6.07) is 29.7. The quantitative estimate of drug-likeness (QED) is 0.300. The van der Waals surface area contributed by atoms with Crippen LogP contribution < -0.4 is 10.6 Å². The number of hydrogen-bond acceptors (Lipinski definition) is 5. The zero-order valence-corrected chi connectivity index (χ0v) is 20.5. The molecule has 0 aliphatic rings. The molecular formula is C30H25N7O. The van der Waals surface area contributed by atoms with Crippen molar-refractivity contribution in [3.63, 3.8) is 0 Å². The molecule has 3 aromatic carbocycles. The molecule has 3 aromatic heterocycles. The summed E-state index contributed by atoms with van der Waals surface area (Å²) >= 11 is 0. The first kappa shape index (κ1) is 23.2. The van der Waals surface area contributed by atoms with Gasteiger partial charge in [0.05, 0.1) is 18.3 Å². The van der Waals surface area contributed by atoms with Gasteiger partial charge in [-0.25, -0.2) is 4.98 Å². The van der Waals surface area contributed by atoms with Crippen LogP contribution in [0.5, 0.6) is 0 Å². The van der Waals surface area contributed by atoms with E-state index in [4.69, 9.17) is 0 Å². The van der Waals surface area contributed by atoms with Gasteiger partial charge in [0, 0.05) is 41.9 Å². The number of carbonyl (C=O) groups excluding carboxylic acids is 1. The number of imidazole rings is 1. The van der Waals surface area contributed by atoms with Crippen molar-refractivity contribution >= 4 is 28.3 Å². The first-order valence-corrected chi connectivity index (χ1v) is 12.3. The molecule has 8 nitrogen and oxygen atoms in total. The Bertz CT molecular complexity index is 1660. The van der Waals surface area contributed by atoms with Crippen LogP contribution in [-0.2, 0) is 17.8 Å². The Morgan fingerprint density at radius 3 is 2.42 bits per heavy atom. The predicted octanol–water partition coefficient (Wildman–Crippen LogP) is 5.21. The van der Waals surface area contributed by atoms with Crippen LogP contribution >= 0.6 is 0 Å². The molecule has 38 heavy (non-hydrogen) atoms. The fourth-order valence-electron chi connectivity index (χ4n) is 4.41. The van der Waals surface area contributed by atoms with E-state index in [0.717, 1.165) is 33.4 Å². The van der Waals surface area contributed by atoms with Crippen molar-refractivity contribution in [2.24, 2.45) is 0 Å². The number of anilines is 2. The number of hydrogen-bond donors (Lipinski definition) is 2. The fourth-order valence-corrected chi connectivity index (χ4v) is 4.41. The van der Waals surface area contributed by atoms with Crippen molar-refractivity contribution in [3.8, 4) is 11.5 Å². The molecule has 2 N–H and O–H groups in total. The summed E-state index contributed by atoms with van der Waals surface area (Å²) in [5.41, 5.74) is 4.92. The molecule has 0 atom stereocenters. The molecule has 0 unspecified atom stereocenters. The van der Waals surface area contributed by atoms with Gasteiger partial charge in [-0.05, 0) is 53.6 Å². The maximum absolute atomic E-state index is 12.7.